The number of hydrogen-bond donors (Lipinski definition) is 0. The van der Waals surface area contributed by atoms with Crippen LogP contribution in [0.2, 0.25) is 0 Å². The zero-order chi connectivity index (χ0) is 43.7. The molecule has 0 bridgehead atoms. The molecule has 0 aliphatic heterocycles. The lowest BCUT2D eigenvalue weighted by Gasteiger charge is -2.18. The van der Waals surface area contributed by atoms with E-state index in [4.69, 9.17) is 14.2 Å². The molecule has 0 N–H and O–H groups in total. The van der Waals surface area contributed by atoms with Gasteiger partial charge in [0.05, 0.1) is 0 Å². The molecule has 6 heteroatoms. The van der Waals surface area contributed by atoms with Crippen LogP contribution in [0.25, 0.3) is 0 Å². The molecule has 0 amide bonds. The summed E-state index contributed by atoms with van der Waals surface area (Å²) in [6.45, 7) is 6.52. The lowest BCUT2D eigenvalue weighted by atomic mass is 10.0. The summed E-state index contributed by atoms with van der Waals surface area (Å²) in [6.07, 6.45) is 57.0. The molecule has 0 saturated carbocycles. The van der Waals surface area contributed by atoms with Gasteiger partial charge in [-0.15, -0.1) is 0 Å². The minimum Gasteiger partial charge on any atom is -0.462 e. The van der Waals surface area contributed by atoms with Crippen LogP contribution in [0.1, 0.15) is 271 Å². The standard InChI is InChI=1S/C54H98O6/c1-4-7-10-13-16-19-22-25-26-27-30-32-35-38-41-44-47-53(56)59-50-51(60-54(57)48-45-42-39-36-33-29-24-21-18-15-12-9-6-3)49-58-52(55)46-43-40-37-34-31-28-23-20-17-14-11-8-5-2/h9,12,18,21,29,33,51H,4-8,10-11,13-17,19-20,22-28,30-32,34-50H2,1-3H3/b12-9-,21-18-,33-29-. The Morgan fingerprint density at radius 1 is 0.350 bits per heavy atom. The lowest BCUT2D eigenvalue weighted by molar-refractivity contribution is -0.167. The molecule has 0 fully saturated rings. The van der Waals surface area contributed by atoms with Crippen molar-refractivity contribution >= 4 is 17.9 Å². The van der Waals surface area contributed by atoms with Crippen LogP contribution in [0, 0.1) is 0 Å². The van der Waals surface area contributed by atoms with E-state index in [-0.39, 0.29) is 31.1 Å². The average Bonchev–Trinajstić information content (AvgIpc) is 3.24. The quantitative estimate of drug-likeness (QED) is 0.0263. The van der Waals surface area contributed by atoms with E-state index < -0.39 is 6.10 Å². The summed E-state index contributed by atoms with van der Waals surface area (Å²) in [4.78, 5) is 37.9. The van der Waals surface area contributed by atoms with Crippen molar-refractivity contribution in [2.45, 2.75) is 277 Å². The monoisotopic (exact) mass is 843 g/mol. The Balaban J connectivity index is 4.36. The van der Waals surface area contributed by atoms with Gasteiger partial charge >= 0.3 is 17.9 Å². The first-order valence-electron chi connectivity index (χ1n) is 26.0. The Morgan fingerprint density at radius 3 is 1.02 bits per heavy atom. The zero-order valence-corrected chi connectivity index (χ0v) is 40.0. The molecule has 0 spiro atoms. The maximum Gasteiger partial charge on any atom is 0.306 e. The molecule has 1 atom stereocenters. The average molecular weight is 843 g/mol. The number of allylic oxidation sites excluding steroid dienone is 6. The molecule has 6 nitrogen and oxygen atoms in total. The van der Waals surface area contributed by atoms with Gasteiger partial charge in [0.1, 0.15) is 13.2 Å². The Kier molecular flexibility index (Phi) is 47.3. The summed E-state index contributed by atoms with van der Waals surface area (Å²) in [5.41, 5.74) is 0. The summed E-state index contributed by atoms with van der Waals surface area (Å²) in [5.74, 6) is -0.897. The van der Waals surface area contributed by atoms with Crippen LogP contribution in [0.3, 0.4) is 0 Å². The van der Waals surface area contributed by atoms with Crippen LogP contribution < -0.4 is 0 Å². The first-order chi connectivity index (χ1) is 29.5. The third-order valence-electron chi connectivity index (χ3n) is 11.4. The molecule has 0 aliphatic carbocycles. The van der Waals surface area contributed by atoms with Gasteiger partial charge in [0.25, 0.3) is 0 Å². The van der Waals surface area contributed by atoms with Gasteiger partial charge in [0, 0.05) is 19.3 Å². The van der Waals surface area contributed by atoms with E-state index in [1.807, 2.05) is 0 Å². The molecular formula is C54H98O6. The highest BCUT2D eigenvalue weighted by Gasteiger charge is 2.19. The molecule has 0 aromatic carbocycles. The van der Waals surface area contributed by atoms with E-state index >= 15 is 0 Å². The Hall–Kier alpha value is -2.37. The van der Waals surface area contributed by atoms with Crippen molar-refractivity contribution in [3.05, 3.63) is 36.5 Å². The maximum absolute atomic E-state index is 12.8. The van der Waals surface area contributed by atoms with Gasteiger partial charge in [-0.05, 0) is 51.4 Å². The largest absolute Gasteiger partial charge is 0.462 e. The van der Waals surface area contributed by atoms with Crippen molar-refractivity contribution in [1.29, 1.82) is 0 Å². The van der Waals surface area contributed by atoms with E-state index in [1.54, 1.807) is 0 Å². The SMILES string of the molecule is CC/C=C\C/C=C\C/C=C\CCCCCC(=O)OC(COC(=O)CCCCCCCCCCCCCCC)COC(=O)CCCCCCCCCCCCCCCCCC. The smallest absolute Gasteiger partial charge is 0.306 e. The van der Waals surface area contributed by atoms with E-state index in [1.165, 1.54) is 148 Å². The van der Waals surface area contributed by atoms with Gasteiger partial charge in [0.2, 0.25) is 0 Å². The van der Waals surface area contributed by atoms with Crippen LogP contribution in [0.4, 0.5) is 0 Å². The van der Waals surface area contributed by atoms with Crippen LogP contribution >= 0.6 is 0 Å². The number of carbonyl (C=O) groups is 3. The first-order valence-corrected chi connectivity index (χ1v) is 26.0. The van der Waals surface area contributed by atoms with Gasteiger partial charge in [-0.3, -0.25) is 14.4 Å². The van der Waals surface area contributed by atoms with Crippen molar-refractivity contribution in [2.75, 3.05) is 13.2 Å². The zero-order valence-electron chi connectivity index (χ0n) is 40.0. The van der Waals surface area contributed by atoms with Crippen LogP contribution in [0.5, 0.6) is 0 Å². The maximum atomic E-state index is 12.8. The van der Waals surface area contributed by atoms with Gasteiger partial charge < -0.3 is 14.2 Å². The third-order valence-corrected chi connectivity index (χ3v) is 11.4. The van der Waals surface area contributed by atoms with E-state index in [0.717, 1.165) is 83.5 Å². The first kappa shape index (κ1) is 57.6. The number of rotatable bonds is 47. The molecule has 0 aliphatic rings. The van der Waals surface area contributed by atoms with Crippen molar-refractivity contribution < 1.29 is 28.6 Å². The second kappa shape index (κ2) is 49.3. The van der Waals surface area contributed by atoms with E-state index in [0.29, 0.717) is 19.3 Å². The van der Waals surface area contributed by atoms with Crippen molar-refractivity contribution in [2.24, 2.45) is 0 Å². The fraction of sp³-hybridized carbons (Fsp3) is 0.833. The van der Waals surface area contributed by atoms with Gasteiger partial charge in [-0.2, -0.15) is 0 Å². The Morgan fingerprint density at radius 2 is 0.650 bits per heavy atom. The summed E-state index contributed by atoms with van der Waals surface area (Å²) in [6, 6.07) is 0. The van der Waals surface area contributed by atoms with Crippen molar-refractivity contribution in [3.63, 3.8) is 0 Å². The van der Waals surface area contributed by atoms with Gasteiger partial charge in [-0.1, -0.05) is 237 Å². The second-order valence-corrected chi connectivity index (χ2v) is 17.4. The number of hydrogen-bond acceptors (Lipinski definition) is 6. The summed E-state index contributed by atoms with van der Waals surface area (Å²) >= 11 is 0. The van der Waals surface area contributed by atoms with Crippen molar-refractivity contribution in [1.82, 2.24) is 0 Å². The van der Waals surface area contributed by atoms with Crippen LogP contribution in [-0.4, -0.2) is 37.2 Å². The van der Waals surface area contributed by atoms with Gasteiger partial charge in [-0.25, -0.2) is 0 Å². The van der Waals surface area contributed by atoms with Crippen molar-refractivity contribution in [3.8, 4) is 0 Å². The normalized spacial score (nSPS) is 12.2. The van der Waals surface area contributed by atoms with E-state index in [9.17, 15) is 14.4 Å². The number of unbranched alkanes of at least 4 members (excludes halogenated alkanes) is 30. The predicted octanol–water partition coefficient (Wildman–Crippen LogP) is 16.9. The summed E-state index contributed by atoms with van der Waals surface area (Å²) in [7, 11) is 0. The minimum absolute atomic E-state index is 0.0798. The Bertz CT molecular complexity index is 1020. The molecular weight excluding hydrogens is 745 g/mol. The fourth-order valence-corrected chi connectivity index (χ4v) is 7.52. The lowest BCUT2D eigenvalue weighted by Crippen LogP contribution is -2.30. The molecule has 0 radical (unpaired) electrons. The van der Waals surface area contributed by atoms with Crippen LogP contribution in [0.15, 0.2) is 36.5 Å². The third kappa shape index (κ3) is 46.7. The summed E-state index contributed by atoms with van der Waals surface area (Å²) < 4.78 is 16.8. The van der Waals surface area contributed by atoms with E-state index in [2.05, 4.69) is 57.2 Å². The number of carbonyl (C=O) groups excluding carboxylic acids is 3. The molecule has 0 aromatic heterocycles. The molecule has 350 valence electrons. The Labute approximate surface area is 372 Å². The number of ether oxygens (including phenoxy) is 3. The highest BCUT2D eigenvalue weighted by molar-refractivity contribution is 5.71. The molecule has 0 saturated heterocycles. The molecule has 0 aromatic rings. The number of esters is 3. The topological polar surface area (TPSA) is 78.9 Å². The highest BCUT2D eigenvalue weighted by Crippen LogP contribution is 2.16. The van der Waals surface area contributed by atoms with Gasteiger partial charge in [0.15, 0.2) is 6.10 Å². The second-order valence-electron chi connectivity index (χ2n) is 17.4. The molecule has 0 heterocycles. The molecule has 0 rings (SSSR count). The van der Waals surface area contributed by atoms with Crippen LogP contribution in [-0.2, 0) is 28.6 Å². The minimum atomic E-state index is -0.781. The highest BCUT2D eigenvalue weighted by atomic mass is 16.6. The summed E-state index contributed by atoms with van der Waals surface area (Å²) in [5, 5.41) is 0. The fourth-order valence-electron chi connectivity index (χ4n) is 7.52. The predicted molar refractivity (Wildman–Crippen MR) is 256 cm³/mol. The molecule has 1 unspecified atom stereocenters. The molecule has 60 heavy (non-hydrogen) atoms.